The molecule has 104 valence electrons. The van der Waals surface area contributed by atoms with Gasteiger partial charge >= 0.3 is 0 Å². The van der Waals surface area contributed by atoms with Crippen LogP contribution >= 0.6 is 11.6 Å². The second kappa shape index (κ2) is 5.34. The molecule has 0 spiro atoms. The van der Waals surface area contributed by atoms with E-state index in [0.29, 0.717) is 21.5 Å². The SMILES string of the molecule is O=C(Nc1ccc(=O)[nH]n1)c1cnc(Cl)c2ccccc12. The van der Waals surface area contributed by atoms with E-state index in [1.807, 2.05) is 12.1 Å². The summed E-state index contributed by atoms with van der Waals surface area (Å²) in [6, 6.07) is 9.91. The van der Waals surface area contributed by atoms with Crippen LogP contribution in [-0.4, -0.2) is 21.1 Å². The molecule has 7 heteroatoms. The molecule has 3 rings (SSSR count). The van der Waals surface area contributed by atoms with Gasteiger partial charge in [-0.05, 0) is 11.5 Å². The van der Waals surface area contributed by atoms with Gasteiger partial charge in [-0.25, -0.2) is 10.1 Å². The zero-order chi connectivity index (χ0) is 14.8. The maximum absolute atomic E-state index is 12.3. The summed E-state index contributed by atoms with van der Waals surface area (Å²) in [6.45, 7) is 0. The summed E-state index contributed by atoms with van der Waals surface area (Å²) in [7, 11) is 0. The number of aromatic amines is 1. The number of aromatic nitrogens is 3. The smallest absolute Gasteiger partial charge is 0.264 e. The molecule has 3 aromatic rings. The third-order valence-electron chi connectivity index (χ3n) is 2.91. The van der Waals surface area contributed by atoms with E-state index in [1.54, 1.807) is 12.1 Å². The topological polar surface area (TPSA) is 87.7 Å². The van der Waals surface area contributed by atoms with Crippen LogP contribution < -0.4 is 10.9 Å². The predicted molar refractivity (Wildman–Crippen MR) is 79.6 cm³/mol. The summed E-state index contributed by atoms with van der Waals surface area (Å²) in [4.78, 5) is 27.2. The van der Waals surface area contributed by atoms with Crippen molar-refractivity contribution in [3.05, 3.63) is 63.7 Å². The van der Waals surface area contributed by atoms with Crippen LogP contribution in [-0.2, 0) is 0 Å². The number of hydrogen-bond acceptors (Lipinski definition) is 4. The zero-order valence-electron chi connectivity index (χ0n) is 10.6. The van der Waals surface area contributed by atoms with E-state index >= 15 is 0 Å². The highest BCUT2D eigenvalue weighted by molar-refractivity contribution is 6.35. The maximum atomic E-state index is 12.3. The maximum Gasteiger partial charge on any atom is 0.264 e. The van der Waals surface area contributed by atoms with E-state index in [4.69, 9.17) is 11.6 Å². The van der Waals surface area contributed by atoms with E-state index in [9.17, 15) is 9.59 Å². The molecular formula is C14H9ClN4O2. The normalized spacial score (nSPS) is 10.5. The minimum absolute atomic E-state index is 0.249. The molecule has 0 bridgehead atoms. The second-order valence-corrected chi connectivity index (χ2v) is 4.63. The van der Waals surface area contributed by atoms with E-state index in [1.165, 1.54) is 18.3 Å². The van der Waals surface area contributed by atoms with Crippen LogP contribution in [0.2, 0.25) is 5.15 Å². The Morgan fingerprint density at radius 3 is 2.62 bits per heavy atom. The number of nitrogens with one attached hydrogen (secondary N) is 2. The molecule has 0 aliphatic carbocycles. The highest BCUT2D eigenvalue weighted by Gasteiger charge is 2.13. The molecule has 0 fully saturated rings. The van der Waals surface area contributed by atoms with Gasteiger partial charge in [0.15, 0.2) is 5.82 Å². The van der Waals surface area contributed by atoms with Gasteiger partial charge in [0, 0.05) is 17.6 Å². The first-order valence-corrected chi connectivity index (χ1v) is 6.43. The zero-order valence-corrected chi connectivity index (χ0v) is 11.4. The fraction of sp³-hybridized carbons (Fsp3) is 0. The van der Waals surface area contributed by atoms with Crippen molar-refractivity contribution >= 4 is 34.1 Å². The van der Waals surface area contributed by atoms with Crippen LogP contribution in [0.3, 0.4) is 0 Å². The highest BCUT2D eigenvalue weighted by Crippen LogP contribution is 2.24. The van der Waals surface area contributed by atoms with Crippen LogP contribution in [0.1, 0.15) is 10.4 Å². The number of hydrogen-bond donors (Lipinski definition) is 2. The highest BCUT2D eigenvalue weighted by atomic mass is 35.5. The minimum Gasteiger partial charge on any atom is -0.305 e. The van der Waals surface area contributed by atoms with Gasteiger partial charge in [0.05, 0.1) is 5.56 Å². The largest absolute Gasteiger partial charge is 0.305 e. The summed E-state index contributed by atoms with van der Waals surface area (Å²) in [5.74, 6) is -0.131. The Bertz CT molecular complexity index is 871. The van der Waals surface area contributed by atoms with Crippen LogP contribution in [0.5, 0.6) is 0 Å². The third-order valence-corrected chi connectivity index (χ3v) is 3.21. The van der Waals surface area contributed by atoms with Crippen LogP contribution in [0, 0.1) is 0 Å². The van der Waals surface area contributed by atoms with Crippen molar-refractivity contribution in [2.75, 3.05) is 5.32 Å². The Hall–Kier alpha value is -2.73. The molecule has 0 aliphatic heterocycles. The van der Waals surface area contributed by atoms with E-state index < -0.39 is 0 Å². The standard InChI is InChI=1S/C14H9ClN4O2/c15-13-9-4-2-1-3-8(9)10(7-16-13)14(21)17-11-5-6-12(20)19-18-11/h1-7H,(H,19,20)(H,17,18,21). The lowest BCUT2D eigenvalue weighted by atomic mass is 10.1. The number of carbonyl (C=O) groups is 1. The average Bonchev–Trinajstić information content (AvgIpc) is 2.50. The molecule has 2 heterocycles. The minimum atomic E-state index is -0.380. The van der Waals surface area contributed by atoms with Gasteiger partial charge in [-0.15, -0.1) is 0 Å². The first kappa shape index (κ1) is 13.3. The summed E-state index contributed by atoms with van der Waals surface area (Å²) in [5, 5.41) is 10.3. The van der Waals surface area contributed by atoms with Crippen molar-refractivity contribution in [2.24, 2.45) is 0 Å². The summed E-state index contributed by atoms with van der Waals surface area (Å²) in [5.41, 5.74) is 0.0367. The van der Waals surface area contributed by atoms with Crippen molar-refractivity contribution in [1.82, 2.24) is 15.2 Å². The lowest BCUT2D eigenvalue weighted by Gasteiger charge is -2.07. The number of carbonyl (C=O) groups excluding carboxylic acids is 1. The first-order valence-electron chi connectivity index (χ1n) is 6.05. The van der Waals surface area contributed by atoms with Crippen molar-refractivity contribution < 1.29 is 4.79 Å². The molecule has 0 aliphatic rings. The fourth-order valence-electron chi connectivity index (χ4n) is 1.94. The van der Waals surface area contributed by atoms with Crippen molar-refractivity contribution in [3.8, 4) is 0 Å². The monoisotopic (exact) mass is 300 g/mol. The second-order valence-electron chi connectivity index (χ2n) is 4.27. The summed E-state index contributed by atoms with van der Waals surface area (Å²) < 4.78 is 0. The summed E-state index contributed by atoms with van der Waals surface area (Å²) >= 11 is 6.02. The van der Waals surface area contributed by atoms with Crippen LogP contribution in [0.4, 0.5) is 5.82 Å². The molecule has 0 atom stereocenters. The van der Waals surface area contributed by atoms with E-state index in [-0.39, 0.29) is 17.3 Å². The molecule has 1 amide bonds. The van der Waals surface area contributed by atoms with Crippen molar-refractivity contribution in [3.63, 3.8) is 0 Å². The van der Waals surface area contributed by atoms with Gasteiger partial charge in [0.25, 0.3) is 11.5 Å². The molecule has 2 N–H and O–H groups in total. The van der Waals surface area contributed by atoms with Crippen molar-refractivity contribution in [2.45, 2.75) is 0 Å². The van der Waals surface area contributed by atoms with Crippen LogP contribution in [0.25, 0.3) is 10.8 Å². The molecule has 21 heavy (non-hydrogen) atoms. The van der Waals surface area contributed by atoms with Gasteiger partial charge in [-0.3, -0.25) is 9.59 Å². The Morgan fingerprint density at radius 1 is 1.14 bits per heavy atom. The Balaban J connectivity index is 2.00. The molecule has 0 unspecified atom stereocenters. The Labute approximate surface area is 123 Å². The number of benzene rings is 1. The molecular weight excluding hydrogens is 292 g/mol. The fourth-order valence-corrected chi connectivity index (χ4v) is 2.15. The van der Waals surface area contributed by atoms with E-state index in [0.717, 1.165) is 0 Å². The molecule has 0 saturated carbocycles. The Morgan fingerprint density at radius 2 is 1.90 bits per heavy atom. The lowest BCUT2D eigenvalue weighted by Crippen LogP contribution is -2.16. The average molecular weight is 301 g/mol. The number of pyridine rings is 1. The van der Waals surface area contributed by atoms with Crippen molar-refractivity contribution in [1.29, 1.82) is 0 Å². The van der Waals surface area contributed by atoms with Gasteiger partial charge in [0.2, 0.25) is 0 Å². The molecule has 2 aromatic heterocycles. The number of H-pyrrole nitrogens is 1. The van der Waals surface area contributed by atoms with Gasteiger partial charge in [-0.2, -0.15) is 5.10 Å². The quantitative estimate of drug-likeness (QED) is 0.710. The number of amides is 1. The van der Waals surface area contributed by atoms with Gasteiger partial charge in [0.1, 0.15) is 5.15 Å². The van der Waals surface area contributed by atoms with E-state index in [2.05, 4.69) is 20.5 Å². The summed E-state index contributed by atoms with van der Waals surface area (Å²) in [6.07, 6.45) is 1.41. The molecule has 6 nitrogen and oxygen atoms in total. The van der Waals surface area contributed by atoms with Gasteiger partial charge < -0.3 is 5.32 Å². The van der Waals surface area contributed by atoms with Gasteiger partial charge in [-0.1, -0.05) is 35.9 Å². The predicted octanol–water partition coefficient (Wildman–Crippen LogP) is 2.22. The number of anilines is 1. The molecule has 0 radical (unpaired) electrons. The molecule has 1 aromatic carbocycles. The number of halogens is 1. The number of fused-ring (bicyclic) bond motifs is 1. The third kappa shape index (κ3) is 2.61. The number of nitrogens with zero attached hydrogens (tertiary/aromatic N) is 2. The molecule has 0 saturated heterocycles. The Kier molecular flexibility index (Phi) is 3.37. The van der Waals surface area contributed by atoms with Crippen LogP contribution in [0.15, 0.2) is 47.4 Å². The number of rotatable bonds is 2. The lowest BCUT2D eigenvalue weighted by molar-refractivity contribution is 0.102. The first-order chi connectivity index (χ1) is 10.1.